The number of nitrogens with one attached hydrogen (secondary N) is 1. The fraction of sp³-hybridized carbons (Fsp3) is 0. The van der Waals surface area contributed by atoms with E-state index in [1.807, 2.05) is 28.8 Å². The minimum absolute atomic E-state index is 0.0381. The molecule has 3 aromatic heterocycles. The molecule has 3 heterocycles. The van der Waals surface area contributed by atoms with Gasteiger partial charge >= 0.3 is 0 Å². The predicted octanol–water partition coefficient (Wildman–Crippen LogP) is 2.94. The van der Waals surface area contributed by atoms with Crippen LogP contribution in [0.5, 0.6) is 0 Å². The van der Waals surface area contributed by atoms with Gasteiger partial charge in [0.25, 0.3) is 0 Å². The highest BCUT2D eigenvalue weighted by Crippen LogP contribution is 2.28. The Labute approximate surface area is 163 Å². The van der Waals surface area contributed by atoms with Gasteiger partial charge in [-0.3, -0.25) is 4.40 Å². The van der Waals surface area contributed by atoms with E-state index in [2.05, 4.69) is 36.2 Å². The Morgan fingerprint density at radius 1 is 1.04 bits per heavy atom. The van der Waals surface area contributed by atoms with Gasteiger partial charge in [-0.05, 0) is 52.3 Å². The van der Waals surface area contributed by atoms with Crippen LogP contribution in [0.2, 0.25) is 0 Å². The van der Waals surface area contributed by atoms with Gasteiger partial charge in [-0.2, -0.15) is 0 Å². The number of anilines is 2. The zero-order valence-electron chi connectivity index (χ0n) is 13.7. The maximum absolute atomic E-state index is 11.3. The molecule has 8 nitrogen and oxygen atoms in total. The molecule has 0 spiro atoms. The number of fused-ring (bicyclic) bond motifs is 1. The number of primary sulfonamides is 1. The summed E-state index contributed by atoms with van der Waals surface area (Å²) in [6.07, 6.45) is 5.30. The maximum Gasteiger partial charge on any atom is 0.238 e. The molecular weight excluding hydrogens is 432 g/mol. The molecule has 0 aliphatic rings. The lowest BCUT2D eigenvalue weighted by molar-refractivity contribution is 0.598. The van der Waals surface area contributed by atoms with Crippen LogP contribution in [-0.4, -0.2) is 27.8 Å². The Bertz CT molecular complexity index is 1240. The van der Waals surface area contributed by atoms with Crippen LogP contribution < -0.4 is 10.5 Å². The number of imidazole rings is 1. The summed E-state index contributed by atoms with van der Waals surface area (Å²) >= 11 is 3.48. The van der Waals surface area contributed by atoms with E-state index < -0.39 is 10.0 Å². The number of hydrogen-bond acceptors (Lipinski definition) is 6. The van der Waals surface area contributed by atoms with Crippen LogP contribution in [0.4, 0.5) is 11.6 Å². The molecule has 0 atom stereocenters. The van der Waals surface area contributed by atoms with Crippen molar-refractivity contribution in [2.75, 3.05) is 5.32 Å². The summed E-state index contributed by atoms with van der Waals surface area (Å²) in [6, 6.07) is 11.8. The van der Waals surface area contributed by atoms with Gasteiger partial charge in [0, 0.05) is 18.1 Å². The van der Waals surface area contributed by atoms with E-state index >= 15 is 0 Å². The number of nitrogens with two attached hydrogens (primary N) is 1. The first-order valence-corrected chi connectivity index (χ1v) is 10.1. The summed E-state index contributed by atoms with van der Waals surface area (Å²) < 4.78 is 25.3. The summed E-state index contributed by atoms with van der Waals surface area (Å²) in [5, 5.41) is 8.16. The third-order valence-corrected chi connectivity index (χ3v) is 5.35. The van der Waals surface area contributed by atoms with Gasteiger partial charge in [-0.1, -0.05) is 6.07 Å². The Hall–Kier alpha value is -2.82. The van der Waals surface area contributed by atoms with Crippen molar-refractivity contribution in [2.24, 2.45) is 5.14 Å². The molecule has 1 aromatic carbocycles. The van der Waals surface area contributed by atoms with Crippen molar-refractivity contribution in [3.8, 4) is 11.4 Å². The average Bonchev–Trinajstić information content (AvgIpc) is 3.07. The average molecular weight is 445 g/mol. The van der Waals surface area contributed by atoms with Gasteiger partial charge < -0.3 is 5.32 Å². The lowest BCUT2D eigenvalue weighted by Crippen LogP contribution is -2.11. The van der Waals surface area contributed by atoms with Crippen LogP contribution in [0.25, 0.3) is 17.0 Å². The van der Waals surface area contributed by atoms with E-state index in [4.69, 9.17) is 5.14 Å². The number of rotatable bonds is 4. The Kier molecular flexibility index (Phi) is 4.38. The molecule has 0 bridgehead atoms. The van der Waals surface area contributed by atoms with Gasteiger partial charge in [0.2, 0.25) is 16.0 Å². The van der Waals surface area contributed by atoms with E-state index in [0.717, 1.165) is 15.8 Å². The van der Waals surface area contributed by atoms with E-state index in [1.165, 1.54) is 12.1 Å². The van der Waals surface area contributed by atoms with Crippen molar-refractivity contribution in [1.82, 2.24) is 19.4 Å². The van der Waals surface area contributed by atoms with Crippen molar-refractivity contribution in [3.05, 3.63) is 65.5 Å². The van der Waals surface area contributed by atoms with Crippen LogP contribution in [0, 0.1) is 0 Å². The van der Waals surface area contributed by atoms with E-state index in [0.29, 0.717) is 17.3 Å². The summed E-state index contributed by atoms with van der Waals surface area (Å²) in [6.45, 7) is 0. The molecule has 136 valence electrons. The van der Waals surface area contributed by atoms with Gasteiger partial charge in [-0.15, -0.1) is 0 Å². The summed E-state index contributed by atoms with van der Waals surface area (Å²) in [7, 11) is -3.73. The highest BCUT2D eigenvalue weighted by Gasteiger charge is 2.13. The Morgan fingerprint density at radius 3 is 2.56 bits per heavy atom. The molecule has 27 heavy (non-hydrogen) atoms. The SMILES string of the molecule is NS(=O)(=O)c1ccc(Nc2ncc(Br)c(-c3cnc4ccccn34)n2)cc1. The molecular formula is C17H13BrN6O2S. The molecule has 10 heteroatoms. The number of hydrogen-bond donors (Lipinski definition) is 2. The molecule has 0 aliphatic carbocycles. The van der Waals surface area contributed by atoms with Crippen molar-refractivity contribution in [2.45, 2.75) is 4.90 Å². The Balaban J connectivity index is 1.69. The van der Waals surface area contributed by atoms with Crippen LogP contribution in [-0.2, 0) is 10.0 Å². The molecule has 4 aromatic rings. The minimum Gasteiger partial charge on any atom is -0.324 e. The monoisotopic (exact) mass is 444 g/mol. The Morgan fingerprint density at radius 2 is 1.81 bits per heavy atom. The van der Waals surface area contributed by atoms with Gasteiger partial charge in [0.15, 0.2) is 0 Å². The molecule has 0 saturated carbocycles. The number of benzene rings is 1. The third kappa shape index (κ3) is 3.54. The summed E-state index contributed by atoms with van der Waals surface area (Å²) in [4.78, 5) is 13.2. The summed E-state index contributed by atoms with van der Waals surface area (Å²) in [5.41, 5.74) is 2.93. The smallest absolute Gasteiger partial charge is 0.238 e. The van der Waals surface area contributed by atoms with Gasteiger partial charge in [0.05, 0.1) is 21.3 Å². The lowest BCUT2D eigenvalue weighted by atomic mass is 10.3. The first-order valence-electron chi connectivity index (χ1n) is 7.77. The third-order valence-electron chi connectivity index (χ3n) is 3.84. The van der Waals surface area contributed by atoms with E-state index in [1.54, 1.807) is 24.5 Å². The topological polar surface area (TPSA) is 115 Å². The van der Waals surface area contributed by atoms with Gasteiger partial charge in [0.1, 0.15) is 11.3 Å². The van der Waals surface area contributed by atoms with Crippen molar-refractivity contribution >= 4 is 43.2 Å². The molecule has 0 aliphatic heterocycles. The number of pyridine rings is 1. The van der Waals surface area contributed by atoms with Crippen molar-refractivity contribution < 1.29 is 8.42 Å². The molecule has 0 fully saturated rings. The van der Waals surface area contributed by atoms with Crippen LogP contribution in [0.15, 0.2) is 70.4 Å². The fourth-order valence-corrected chi connectivity index (χ4v) is 3.48. The molecule has 4 rings (SSSR count). The second kappa shape index (κ2) is 6.72. The normalized spacial score (nSPS) is 11.6. The molecule has 0 unspecified atom stereocenters. The fourth-order valence-electron chi connectivity index (χ4n) is 2.57. The zero-order chi connectivity index (χ0) is 19.0. The van der Waals surface area contributed by atoms with Gasteiger partial charge in [-0.25, -0.2) is 28.5 Å². The van der Waals surface area contributed by atoms with Crippen molar-refractivity contribution in [1.29, 1.82) is 0 Å². The summed E-state index contributed by atoms with van der Waals surface area (Å²) in [5.74, 6) is 0.363. The van der Waals surface area contributed by atoms with Crippen LogP contribution >= 0.6 is 15.9 Å². The lowest BCUT2D eigenvalue weighted by Gasteiger charge is -2.09. The van der Waals surface area contributed by atoms with Crippen LogP contribution in [0.3, 0.4) is 0 Å². The largest absolute Gasteiger partial charge is 0.324 e. The number of nitrogens with zero attached hydrogens (tertiary/aromatic N) is 4. The maximum atomic E-state index is 11.3. The molecule has 0 radical (unpaired) electrons. The second-order valence-corrected chi connectivity index (χ2v) is 8.07. The zero-order valence-corrected chi connectivity index (χ0v) is 16.1. The molecule has 0 amide bonds. The van der Waals surface area contributed by atoms with Crippen LogP contribution in [0.1, 0.15) is 0 Å². The first kappa shape index (κ1) is 17.6. The molecule has 3 N–H and O–H groups in total. The highest BCUT2D eigenvalue weighted by atomic mass is 79.9. The quantitative estimate of drug-likeness (QED) is 0.499. The number of aromatic nitrogens is 4. The highest BCUT2D eigenvalue weighted by molar-refractivity contribution is 9.10. The number of sulfonamides is 1. The van der Waals surface area contributed by atoms with E-state index in [-0.39, 0.29) is 4.90 Å². The standard InChI is InChI=1S/C17H13BrN6O2S/c18-13-9-21-17(22-11-4-6-12(7-5-11)27(19,25)26)23-16(13)14-10-20-15-3-1-2-8-24(14)15/h1-10H,(H2,19,25,26)(H,21,22,23). The first-order chi connectivity index (χ1) is 12.9. The van der Waals surface area contributed by atoms with E-state index in [9.17, 15) is 8.42 Å². The minimum atomic E-state index is -3.73. The predicted molar refractivity (Wildman–Crippen MR) is 105 cm³/mol. The second-order valence-electron chi connectivity index (χ2n) is 5.66. The van der Waals surface area contributed by atoms with Crippen molar-refractivity contribution in [3.63, 3.8) is 0 Å². The number of halogens is 1. The molecule has 0 saturated heterocycles.